The minimum Gasteiger partial charge on any atom is -0.396 e. The molecule has 0 fully saturated rings. The van der Waals surface area contributed by atoms with E-state index in [1.807, 2.05) is 54.6 Å². The number of hydrogen-bond donors (Lipinski definition) is 2. The highest BCUT2D eigenvalue weighted by Gasteiger charge is 2.00. The fourth-order valence-corrected chi connectivity index (χ4v) is 2.22. The SMILES string of the molecule is OCCc1cccc(Nc2ccc3ccccc3n2)c1. The molecule has 2 aromatic carbocycles. The van der Waals surface area contributed by atoms with E-state index in [4.69, 9.17) is 5.11 Å². The number of anilines is 2. The highest BCUT2D eigenvalue weighted by Crippen LogP contribution is 2.19. The Morgan fingerprint density at radius 1 is 0.950 bits per heavy atom. The van der Waals surface area contributed by atoms with Crippen molar-refractivity contribution >= 4 is 22.4 Å². The molecule has 20 heavy (non-hydrogen) atoms. The maximum Gasteiger partial charge on any atom is 0.131 e. The van der Waals surface area contributed by atoms with Gasteiger partial charge in [-0.15, -0.1) is 0 Å². The van der Waals surface area contributed by atoms with E-state index in [-0.39, 0.29) is 6.61 Å². The van der Waals surface area contributed by atoms with Gasteiger partial charge in [-0.3, -0.25) is 0 Å². The van der Waals surface area contributed by atoms with Gasteiger partial charge in [0.05, 0.1) is 5.52 Å². The van der Waals surface area contributed by atoms with Crippen molar-refractivity contribution in [3.63, 3.8) is 0 Å². The maximum atomic E-state index is 8.99. The third-order valence-corrected chi connectivity index (χ3v) is 3.20. The summed E-state index contributed by atoms with van der Waals surface area (Å²) in [5.41, 5.74) is 3.07. The Morgan fingerprint density at radius 3 is 2.75 bits per heavy atom. The topological polar surface area (TPSA) is 45.1 Å². The number of fused-ring (bicyclic) bond motifs is 1. The van der Waals surface area contributed by atoms with Crippen LogP contribution in [0.3, 0.4) is 0 Å². The first kappa shape index (κ1) is 12.6. The molecule has 0 aliphatic carbocycles. The highest BCUT2D eigenvalue weighted by atomic mass is 16.2. The van der Waals surface area contributed by atoms with Crippen LogP contribution in [-0.4, -0.2) is 16.7 Å². The van der Waals surface area contributed by atoms with Crippen LogP contribution in [-0.2, 0) is 6.42 Å². The van der Waals surface area contributed by atoms with Crippen molar-refractivity contribution in [2.45, 2.75) is 6.42 Å². The minimum absolute atomic E-state index is 0.164. The number of para-hydroxylation sites is 1. The number of aromatic nitrogens is 1. The number of benzene rings is 2. The zero-order chi connectivity index (χ0) is 13.8. The second kappa shape index (κ2) is 5.72. The molecule has 0 spiro atoms. The van der Waals surface area contributed by atoms with Gasteiger partial charge in [-0.05, 0) is 42.3 Å². The van der Waals surface area contributed by atoms with E-state index in [0.29, 0.717) is 6.42 Å². The molecule has 0 radical (unpaired) electrons. The number of rotatable bonds is 4. The molecule has 0 bridgehead atoms. The fraction of sp³-hybridized carbons (Fsp3) is 0.118. The number of hydrogen-bond acceptors (Lipinski definition) is 3. The monoisotopic (exact) mass is 264 g/mol. The number of nitrogens with one attached hydrogen (secondary N) is 1. The van der Waals surface area contributed by atoms with Gasteiger partial charge >= 0.3 is 0 Å². The van der Waals surface area contributed by atoms with E-state index in [1.165, 1.54) is 0 Å². The fourth-order valence-electron chi connectivity index (χ4n) is 2.22. The molecule has 2 N–H and O–H groups in total. The Hall–Kier alpha value is -2.39. The average molecular weight is 264 g/mol. The van der Waals surface area contributed by atoms with E-state index >= 15 is 0 Å². The molecular weight excluding hydrogens is 248 g/mol. The minimum atomic E-state index is 0.164. The lowest BCUT2D eigenvalue weighted by Gasteiger charge is -2.08. The molecule has 3 heteroatoms. The van der Waals surface area contributed by atoms with Crippen LogP contribution in [0, 0.1) is 0 Å². The molecule has 100 valence electrons. The zero-order valence-corrected chi connectivity index (χ0v) is 11.1. The van der Waals surface area contributed by atoms with Crippen LogP contribution in [0.2, 0.25) is 0 Å². The van der Waals surface area contributed by atoms with Gasteiger partial charge < -0.3 is 10.4 Å². The molecule has 0 saturated carbocycles. The number of pyridine rings is 1. The molecule has 0 saturated heterocycles. The van der Waals surface area contributed by atoms with Gasteiger partial charge in [-0.1, -0.05) is 30.3 Å². The van der Waals surface area contributed by atoms with Gasteiger partial charge in [0.2, 0.25) is 0 Å². The van der Waals surface area contributed by atoms with Crippen molar-refractivity contribution in [1.82, 2.24) is 4.98 Å². The van der Waals surface area contributed by atoms with Crippen LogP contribution < -0.4 is 5.32 Å². The van der Waals surface area contributed by atoms with Gasteiger partial charge in [0.25, 0.3) is 0 Å². The Labute approximate surface area is 117 Å². The lowest BCUT2D eigenvalue weighted by atomic mass is 10.1. The summed E-state index contributed by atoms with van der Waals surface area (Å²) in [5, 5.41) is 13.4. The largest absolute Gasteiger partial charge is 0.396 e. The molecule has 0 aliphatic heterocycles. The number of aliphatic hydroxyl groups is 1. The van der Waals surface area contributed by atoms with Crippen LogP contribution in [0.1, 0.15) is 5.56 Å². The lowest BCUT2D eigenvalue weighted by Crippen LogP contribution is -1.96. The summed E-state index contributed by atoms with van der Waals surface area (Å²) in [6.45, 7) is 0.164. The summed E-state index contributed by atoms with van der Waals surface area (Å²) in [6.07, 6.45) is 0.667. The first-order valence-corrected chi connectivity index (χ1v) is 6.68. The van der Waals surface area contributed by atoms with Crippen molar-refractivity contribution in [3.05, 3.63) is 66.2 Å². The number of aliphatic hydroxyl groups excluding tert-OH is 1. The van der Waals surface area contributed by atoms with Crippen molar-refractivity contribution in [3.8, 4) is 0 Å². The predicted octanol–water partition coefficient (Wildman–Crippen LogP) is 3.51. The van der Waals surface area contributed by atoms with E-state index in [0.717, 1.165) is 28.0 Å². The number of nitrogens with zero attached hydrogens (tertiary/aromatic N) is 1. The third-order valence-electron chi connectivity index (χ3n) is 3.20. The smallest absolute Gasteiger partial charge is 0.131 e. The first-order valence-electron chi connectivity index (χ1n) is 6.68. The van der Waals surface area contributed by atoms with Crippen molar-refractivity contribution in [2.24, 2.45) is 0 Å². The van der Waals surface area contributed by atoms with Gasteiger partial charge in [-0.25, -0.2) is 4.98 Å². The Balaban J connectivity index is 1.87. The highest BCUT2D eigenvalue weighted by molar-refractivity contribution is 5.80. The first-order chi connectivity index (χ1) is 9.85. The molecule has 0 unspecified atom stereocenters. The standard InChI is InChI=1S/C17H16N2O/c20-11-10-13-4-3-6-15(12-13)18-17-9-8-14-5-1-2-7-16(14)19-17/h1-9,12,20H,10-11H2,(H,18,19). The molecule has 1 heterocycles. The molecule has 0 amide bonds. The Bertz CT molecular complexity index is 725. The van der Waals surface area contributed by atoms with Gasteiger partial charge in [-0.2, -0.15) is 0 Å². The molecule has 0 aliphatic rings. The second-order valence-corrected chi connectivity index (χ2v) is 4.69. The lowest BCUT2D eigenvalue weighted by molar-refractivity contribution is 0.299. The van der Waals surface area contributed by atoms with Crippen molar-refractivity contribution < 1.29 is 5.11 Å². The van der Waals surface area contributed by atoms with E-state index < -0.39 is 0 Å². The molecule has 3 nitrogen and oxygen atoms in total. The average Bonchev–Trinajstić information content (AvgIpc) is 2.48. The third kappa shape index (κ3) is 2.78. The van der Waals surface area contributed by atoms with Crippen LogP contribution in [0.15, 0.2) is 60.7 Å². The van der Waals surface area contributed by atoms with E-state index in [2.05, 4.69) is 16.4 Å². The van der Waals surface area contributed by atoms with Gasteiger partial charge in [0, 0.05) is 17.7 Å². The zero-order valence-electron chi connectivity index (χ0n) is 11.1. The molecule has 3 aromatic rings. The summed E-state index contributed by atoms with van der Waals surface area (Å²) in [6, 6.07) is 20.1. The summed E-state index contributed by atoms with van der Waals surface area (Å²) < 4.78 is 0. The summed E-state index contributed by atoms with van der Waals surface area (Å²) in [4.78, 5) is 4.59. The molecular formula is C17H16N2O. The maximum absolute atomic E-state index is 8.99. The molecule has 0 atom stereocenters. The van der Waals surface area contributed by atoms with E-state index in [1.54, 1.807) is 0 Å². The second-order valence-electron chi connectivity index (χ2n) is 4.69. The molecule has 1 aromatic heterocycles. The predicted molar refractivity (Wildman–Crippen MR) is 82.3 cm³/mol. The summed E-state index contributed by atoms with van der Waals surface area (Å²) >= 11 is 0. The quantitative estimate of drug-likeness (QED) is 0.758. The Morgan fingerprint density at radius 2 is 1.85 bits per heavy atom. The van der Waals surface area contributed by atoms with Gasteiger partial charge in [0.15, 0.2) is 0 Å². The van der Waals surface area contributed by atoms with Crippen LogP contribution in [0.4, 0.5) is 11.5 Å². The van der Waals surface area contributed by atoms with Crippen LogP contribution in [0.5, 0.6) is 0 Å². The van der Waals surface area contributed by atoms with Crippen LogP contribution >= 0.6 is 0 Å². The normalized spacial score (nSPS) is 10.7. The van der Waals surface area contributed by atoms with Gasteiger partial charge in [0.1, 0.15) is 5.82 Å². The van der Waals surface area contributed by atoms with Crippen molar-refractivity contribution in [1.29, 1.82) is 0 Å². The van der Waals surface area contributed by atoms with Crippen molar-refractivity contribution in [2.75, 3.05) is 11.9 Å². The summed E-state index contributed by atoms with van der Waals surface area (Å²) in [7, 11) is 0. The summed E-state index contributed by atoms with van der Waals surface area (Å²) in [5.74, 6) is 0.824. The Kier molecular flexibility index (Phi) is 3.61. The van der Waals surface area contributed by atoms with Crippen LogP contribution in [0.25, 0.3) is 10.9 Å². The van der Waals surface area contributed by atoms with E-state index in [9.17, 15) is 0 Å². The molecule has 3 rings (SSSR count).